The van der Waals surface area contributed by atoms with Crippen molar-refractivity contribution >= 4 is 0 Å². The zero-order chi connectivity index (χ0) is 9.10. The molecule has 0 spiro atoms. The summed E-state index contributed by atoms with van der Waals surface area (Å²) in [6.45, 7) is 1.55. The minimum absolute atomic E-state index is 0.0504. The Bertz CT molecular complexity index is 326. The van der Waals surface area contributed by atoms with Crippen molar-refractivity contribution < 1.29 is 4.74 Å². The number of ether oxygens (including phenoxy) is 1. The normalized spacial score (nSPS) is 18.8. The molecule has 2 rings (SSSR count). The standard InChI is InChI=1S/C10H13NO2/c12-10-9(2-1-5-11-10)8-3-6-13-7-4-8/h1-2,5,8H,3-4,6-7H2,(H,11,12). The Balaban J connectivity index is 2.24. The maximum Gasteiger partial charge on any atom is 0.251 e. The monoisotopic (exact) mass is 179 g/mol. The van der Waals surface area contributed by atoms with Crippen LogP contribution in [0.1, 0.15) is 24.3 Å². The van der Waals surface area contributed by atoms with Crippen LogP contribution >= 0.6 is 0 Å². The second kappa shape index (κ2) is 3.75. The van der Waals surface area contributed by atoms with Gasteiger partial charge in [-0.05, 0) is 24.8 Å². The third-order valence-electron chi connectivity index (χ3n) is 2.51. The minimum Gasteiger partial charge on any atom is -0.381 e. The lowest BCUT2D eigenvalue weighted by Crippen LogP contribution is -2.21. The fourth-order valence-electron chi connectivity index (χ4n) is 1.76. The van der Waals surface area contributed by atoms with E-state index < -0.39 is 0 Å². The Kier molecular flexibility index (Phi) is 2.45. The number of aromatic amines is 1. The van der Waals surface area contributed by atoms with Crippen LogP contribution in [0.2, 0.25) is 0 Å². The fourth-order valence-corrected chi connectivity index (χ4v) is 1.76. The Morgan fingerprint density at radius 2 is 2.15 bits per heavy atom. The Hall–Kier alpha value is -1.09. The third kappa shape index (κ3) is 1.80. The first-order chi connectivity index (χ1) is 6.38. The molecule has 1 N–H and O–H groups in total. The number of aromatic nitrogens is 1. The second-order valence-corrected chi connectivity index (χ2v) is 3.34. The van der Waals surface area contributed by atoms with Gasteiger partial charge in [-0.2, -0.15) is 0 Å². The van der Waals surface area contributed by atoms with Crippen molar-refractivity contribution in [2.24, 2.45) is 0 Å². The molecule has 3 heteroatoms. The summed E-state index contributed by atoms with van der Waals surface area (Å²) in [7, 11) is 0. The number of hydrogen-bond acceptors (Lipinski definition) is 2. The second-order valence-electron chi connectivity index (χ2n) is 3.34. The van der Waals surface area contributed by atoms with Gasteiger partial charge in [0.2, 0.25) is 0 Å². The summed E-state index contributed by atoms with van der Waals surface area (Å²) in [6.07, 6.45) is 3.60. The van der Waals surface area contributed by atoms with E-state index >= 15 is 0 Å². The van der Waals surface area contributed by atoms with E-state index in [9.17, 15) is 4.79 Å². The van der Waals surface area contributed by atoms with E-state index in [1.165, 1.54) is 0 Å². The molecule has 0 bridgehead atoms. The number of pyridine rings is 1. The summed E-state index contributed by atoms with van der Waals surface area (Å²) < 4.78 is 5.25. The van der Waals surface area contributed by atoms with Gasteiger partial charge in [-0.15, -0.1) is 0 Å². The maximum absolute atomic E-state index is 11.4. The molecule has 0 radical (unpaired) electrons. The van der Waals surface area contributed by atoms with Crippen LogP contribution in [0.3, 0.4) is 0 Å². The predicted octanol–water partition coefficient (Wildman–Crippen LogP) is 1.27. The average molecular weight is 179 g/mol. The van der Waals surface area contributed by atoms with Crippen LogP contribution < -0.4 is 5.56 Å². The van der Waals surface area contributed by atoms with Crippen LogP contribution in [0.15, 0.2) is 23.1 Å². The third-order valence-corrected chi connectivity index (χ3v) is 2.51. The van der Waals surface area contributed by atoms with Crippen LogP contribution in [0.5, 0.6) is 0 Å². The van der Waals surface area contributed by atoms with Crippen LogP contribution in [0.25, 0.3) is 0 Å². The van der Waals surface area contributed by atoms with Gasteiger partial charge in [-0.3, -0.25) is 4.79 Å². The SMILES string of the molecule is O=c1[nH]cccc1C1CCOCC1. The van der Waals surface area contributed by atoms with Crippen molar-refractivity contribution in [1.82, 2.24) is 4.98 Å². The van der Waals surface area contributed by atoms with Gasteiger partial charge in [-0.25, -0.2) is 0 Å². The lowest BCUT2D eigenvalue weighted by molar-refractivity contribution is 0.0850. The van der Waals surface area contributed by atoms with Crippen molar-refractivity contribution in [3.05, 3.63) is 34.2 Å². The summed E-state index contributed by atoms with van der Waals surface area (Å²) in [4.78, 5) is 14.1. The topological polar surface area (TPSA) is 42.1 Å². The van der Waals surface area contributed by atoms with E-state index in [2.05, 4.69) is 4.98 Å². The van der Waals surface area contributed by atoms with Crippen molar-refractivity contribution in [3.8, 4) is 0 Å². The summed E-state index contributed by atoms with van der Waals surface area (Å²) >= 11 is 0. The number of rotatable bonds is 1. The molecule has 0 atom stereocenters. The maximum atomic E-state index is 11.4. The van der Waals surface area contributed by atoms with Crippen molar-refractivity contribution in [3.63, 3.8) is 0 Å². The molecule has 70 valence electrons. The molecule has 1 fully saturated rings. The van der Waals surface area contributed by atoms with Gasteiger partial charge in [0.1, 0.15) is 0 Å². The highest BCUT2D eigenvalue weighted by molar-refractivity contribution is 5.15. The molecule has 0 amide bonds. The molecular formula is C10H13NO2. The van der Waals surface area contributed by atoms with Crippen LogP contribution in [0.4, 0.5) is 0 Å². The van der Waals surface area contributed by atoms with Gasteiger partial charge in [0.05, 0.1) is 0 Å². The van der Waals surface area contributed by atoms with Gasteiger partial charge >= 0.3 is 0 Å². The minimum atomic E-state index is 0.0504. The van der Waals surface area contributed by atoms with Crippen molar-refractivity contribution in [2.45, 2.75) is 18.8 Å². The van der Waals surface area contributed by atoms with E-state index in [1.54, 1.807) is 6.20 Å². The quantitative estimate of drug-likeness (QED) is 0.705. The molecule has 1 aromatic rings. The van der Waals surface area contributed by atoms with Crippen molar-refractivity contribution in [1.29, 1.82) is 0 Å². The first-order valence-corrected chi connectivity index (χ1v) is 4.63. The van der Waals surface area contributed by atoms with E-state index in [0.29, 0.717) is 5.92 Å². The van der Waals surface area contributed by atoms with E-state index in [-0.39, 0.29) is 5.56 Å². The fraction of sp³-hybridized carbons (Fsp3) is 0.500. The molecule has 13 heavy (non-hydrogen) atoms. The molecular weight excluding hydrogens is 166 g/mol. The summed E-state index contributed by atoms with van der Waals surface area (Å²) in [5, 5.41) is 0. The Morgan fingerprint density at radius 1 is 1.38 bits per heavy atom. The molecule has 1 aliphatic heterocycles. The summed E-state index contributed by atoms with van der Waals surface area (Å²) in [6, 6.07) is 3.79. The summed E-state index contributed by atoms with van der Waals surface area (Å²) in [5.41, 5.74) is 0.959. The lowest BCUT2D eigenvalue weighted by Gasteiger charge is -2.21. The molecule has 0 aliphatic carbocycles. The van der Waals surface area contributed by atoms with E-state index in [4.69, 9.17) is 4.74 Å². The van der Waals surface area contributed by atoms with Gasteiger partial charge in [-0.1, -0.05) is 6.07 Å². The molecule has 1 aromatic heterocycles. The van der Waals surface area contributed by atoms with Gasteiger partial charge in [0.25, 0.3) is 5.56 Å². The number of hydrogen-bond donors (Lipinski definition) is 1. The smallest absolute Gasteiger partial charge is 0.251 e. The van der Waals surface area contributed by atoms with E-state index in [1.807, 2.05) is 12.1 Å². The molecule has 0 aromatic carbocycles. The molecule has 2 heterocycles. The molecule has 0 unspecified atom stereocenters. The first kappa shape index (κ1) is 8.51. The van der Waals surface area contributed by atoms with Crippen LogP contribution in [0, 0.1) is 0 Å². The Labute approximate surface area is 76.7 Å². The molecule has 3 nitrogen and oxygen atoms in total. The lowest BCUT2D eigenvalue weighted by atomic mass is 9.93. The number of nitrogens with one attached hydrogen (secondary N) is 1. The summed E-state index contributed by atoms with van der Waals surface area (Å²) in [5.74, 6) is 0.388. The molecule has 1 saturated heterocycles. The van der Waals surface area contributed by atoms with Crippen LogP contribution in [-0.4, -0.2) is 18.2 Å². The average Bonchev–Trinajstić information content (AvgIpc) is 2.20. The number of H-pyrrole nitrogens is 1. The largest absolute Gasteiger partial charge is 0.381 e. The highest BCUT2D eigenvalue weighted by Crippen LogP contribution is 2.23. The highest BCUT2D eigenvalue weighted by Gasteiger charge is 2.17. The highest BCUT2D eigenvalue weighted by atomic mass is 16.5. The zero-order valence-corrected chi connectivity index (χ0v) is 7.45. The predicted molar refractivity (Wildman–Crippen MR) is 49.9 cm³/mol. The Morgan fingerprint density at radius 3 is 2.85 bits per heavy atom. The molecule has 1 aliphatic rings. The van der Waals surface area contributed by atoms with Gasteiger partial charge in [0, 0.05) is 25.0 Å². The van der Waals surface area contributed by atoms with Crippen molar-refractivity contribution in [2.75, 3.05) is 13.2 Å². The van der Waals surface area contributed by atoms with Gasteiger partial charge in [0.15, 0.2) is 0 Å². The van der Waals surface area contributed by atoms with Crippen LogP contribution in [-0.2, 0) is 4.74 Å². The van der Waals surface area contributed by atoms with Gasteiger partial charge < -0.3 is 9.72 Å². The first-order valence-electron chi connectivity index (χ1n) is 4.63. The zero-order valence-electron chi connectivity index (χ0n) is 7.45. The van der Waals surface area contributed by atoms with E-state index in [0.717, 1.165) is 31.6 Å². The molecule has 0 saturated carbocycles.